The fourth-order valence-electron chi connectivity index (χ4n) is 4.25. The lowest BCUT2D eigenvalue weighted by molar-refractivity contribution is -0.127. The van der Waals surface area contributed by atoms with Crippen LogP contribution in [-0.4, -0.2) is 24.8 Å². The third kappa shape index (κ3) is 5.92. The van der Waals surface area contributed by atoms with Crippen LogP contribution in [0.4, 0.5) is 11.4 Å². The van der Waals surface area contributed by atoms with Crippen LogP contribution >= 0.6 is 0 Å². The molecule has 1 aliphatic rings. The van der Waals surface area contributed by atoms with E-state index in [1.807, 2.05) is 48.5 Å². The molecule has 0 aromatic heterocycles. The SMILES string of the molecule is COc1ccc(C(=O)N(Cc2ccc(C#Cc3ccc(N)cc3)cc2)c2ccc3c(c2)C(=O)OC(C)(C)O3)cc1. The number of esters is 1. The highest BCUT2D eigenvalue weighted by Gasteiger charge is 2.34. The van der Waals surface area contributed by atoms with Crippen molar-refractivity contribution in [2.45, 2.75) is 26.2 Å². The first-order valence-corrected chi connectivity index (χ1v) is 12.7. The molecule has 0 saturated heterocycles. The van der Waals surface area contributed by atoms with Gasteiger partial charge in [0, 0.05) is 41.9 Å². The maximum absolute atomic E-state index is 13.8. The van der Waals surface area contributed by atoms with Gasteiger partial charge in [0.1, 0.15) is 17.1 Å². The number of nitrogens with zero attached hydrogens (tertiary/aromatic N) is 1. The Morgan fingerprint density at radius 2 is 1.50 bits per heavy atom. The van der Waals surface area contributed by atoms with Gasteiger partial charge in [0.15, 0.2) is 0 Å². The van der Waals surface area contributed by atoms with Gasteiger partial charge in [-0.2, -0.15) is 0 Å². The Labute approximate surface area is 233 Å². The first-order chi connectivity index (χ1) is 19.2. The number of methoxy groups -OCH3 is 1. The Kier molecular flexibility index (Phi) is 7.17. The van der Waals surface area contributed by atoms with Crippen molar-refractivity contribution in [3.05, 3.63) is 119 Å². The van der Waals surface area contributed by atoms with Crippen molar-refractivity contribution in [2.24, 2.45) is 0 Å². The minimum Gasteiger partial charge on any atom is -0.497 e. The molecule has 5 rings (SSSR count). The van der Waals surface area contributed by atoms with E-state index in [2.05, 4.69) is 11.8 Å². The molecule has 1 amide bonds. The van der Waals surface area contributed by atoms with Crippen molar-refractivity contribution < 1.29 is 23.8 Å². The van der Waals surface area contributed by atoms with E-state index in [1.54, 1.807) is 68.3 Å². The first-order valence-electron chi connectivity index (χ1n) is 12.7. The molecule has 7 nitrogen and oxygen atoms in total. The zero-order valence-electron chi connectivity index (χ0n) is 22.4. The molecule has 4 aromatic rings. The predicted octanol–water partition coefficient (Wildman–Crippen LogP) is 5.81. The van der Waals surface area contributed by atoms with Crippen LogP contribution in [0.15, 0.2) is 91.0 Å². The summed E-state index contributed by atoms with van der Waals surface area (Å²) in [5.74, 6) is 5.52. The molecule has 2 N–H and O–H groups in total. The van der Waals surface area contributed by atoms with Gasteiger partial charge >= 0.3 is 5.97 Å². The maximum Gasteiger partial charge on any atom is 0.345 e. The highest BCUT2D eigenvalue weighted by molar-refractivity contribution is 6.07. The number of carbonyl (C=O) groups excluding carboxylic acids is 2. The van der Waals surface area contributed by atoms with Crippen LogP contribution in [0.25, 0.3) is 0 Å². The number of benzene rings is 4. The van der Waals surface area contributed by atoms with Crippen LogP contribution in [0.2, 0.25) is 0 Å². The lowest BCUT2D eigenvalue weighted by Gasteiger charge is -2.32. The summed E-state index contributed by atoms with van der Waals surface area (Å²) in [7, 11) is 1.57. The molecule has 0 spiro atoms. The molecule has 0 atom stereocenters. The number of anilines is 2. The highest BCUT2D eigenvalue weighted by Crippen LogP contribution is 2.35. The molecule has 0 fully saturated rings. The van der Waals surface area contributed by atoms with Gasteiger partial charge in [-0.1, -0.05) is 24.0 Å². The average molecular weight is 533 g/mol. The fraction of sp³-hybridized carbons (Fsp3) is 0.152. The molecule has 1 aliphatic heterocycles. The number of ether oxygens (including phenoxy) is 3. The van der Waals surface area contributed by atoms with E-state index in [4.69, 9.17) is 19.9 Å². The zero-order chi connectivity index (χ0) is 28.3. The summed E-state index contributed by atoms with van der Waals surface area (Å²) in [6.45, 7) is 3.60. The normalized spacial score (nSPS) is 13.1. The number of cyclic esters (lactones) is 1. The van der Waals surface area contributed by atoms with Crippen LogP contribution in [-0.2, 0) is 11.3 Å². The summed E-state index contributed by atoms with van der Waals surface area (Å²) in [5, 5.41) is 0. The van der Waals surface area contributed by atoms with E-state index in [-0.39, 0.29) is 18.0 Å². The van der Waals surface area contributed by atoms with Crippen molar-refractivity contribution in [1.29, 1.82) is 0 Å². The molecule has 40 heavy (non-hydrogen) atoms. The molecule has 7 heteroatoms. The quantitative estimate of drug-likeness (QED) is 0.198. The van der Waals surface area contributed by atoms with Crippen LogP contribution in [0, 0.1) is 11.8 Å². The third-order valence-corrected chi connectivity index (χ3v) is 6.33. The summed E-state index contributed by atoms with van der Waals surface area (Å²) in [4.78, 5) is 28.1. The lowest BCUT2D eigenvalue weighted by atomic mass is 10.1. The second kappa shape index (κ2) is 10.9. The monoisotopic (exact) mass is 532 g/mol. The molecular formula is C33H28N2O5. The molecular weight excluding hydrogens is 504 g/mol. The molecule has 1 heterocycles. The summed E-state index contributed by atoms with van der Waals surface area (Å²) in [6, 6.07) is 27.0. The van der Waals surface area contributed by atoms with Crippen molar-refractivity contribution in [3.8, 4) is 23.3 Å². The number of hydrogen-bond donors (Lipinski definition) is 1. The molecule has 0 unspecified atom stereocenters. The standard InChI is InChI=1S/C33H28N2O5/c1-33(2)39-30-19-16-27(20-29(30)32(37)40-33)35(31(36)25-12-17-28(38-3)18-13-25)21-24-8-6-22(7-9-24)4-5-23-10-14-26(34)15-11-23/h6-20H,21,34H2,1-3H3. The second-order valence-corrected chi connectivity index (χ2v) is 9.76. The summed E-state index contributed by atoms with van der Waals surface area (Å²) < 4.78 is 16.4. The Morgan fingerprint density at radius 3 is 2.12 bits per heavy atom. The van der Waals surface area contributed by atoms with Crippen molar-refractivity contribution in [1.82, 2.24) is 0 Å². The van der Waals surface area contributed by atoms with Gasteiger partial charge in [-0.05, 0) is 84.4 Å². The van der Waals surface area contributed by atoms with Crippen molar-refractivity contribution >= 4 is 23.3 Å². The molecule has 0 saturated carbocycles. The van der Waals surface area contributed by atoms with Crippen LogP contribution in [0.3, 0.4) is 0 Å². The summed E-state index contributed by atoms with van der Waals surface area (Å²) in [6.07, 6.45) is 0. The van der Waals surface area contributed by atoms with Crippen LogP contribution in [0.5, 0.6) is 11.5 Å². The Morgan fingerprint density at radius 1 is 0.875 bits per heavy atom. The van der Waals surface area contributed by atoms with Gasteiger partial charge in [-0.25, -0.2) is 4.79 Å². The van der Waals surface area contributed by atoms with E-state index in [0.717, 1.165) is 16.7 Å². The van der Waals surface area contributed by atoms with Gasteiger partial charge in [-0.3, -0.25) is 4.79 Å². The van der Waals surface area contributed by atoms with Gasteiger partial charge in [-0.15, -0.1) is 0 Å². The van der Waals surface area contributed by atoms with E-state index in [1.165, 1.54) is 0 Å². The number of nitrogens with two attached hydrogens (primary N) is 1. The molecule has 0 radical (unpaired) electrons. The number of amides is 1. The van der Waals surface area contributed by atoms with Gasteiger partial charge in [0.2, 0.25) is 5.79 Å². The second-order valence-electron chi connectivity index (χ2n) is 9.76. The first kappa shape index (κ1) is 26.4. The van der Waals surface area contributed by atoms with Gasteiger partial charge in [0.05, 0.1) is 13.7 Å². The molecule has 200 valence electrons. The Bertz CT molecular complexity index is 1610. The summed E-state index contributed by atoms with van der Waals surface area (Å²) in [5.41, 5.74) is 10.3. The van der Waals surface area contributed by atoms with Crippen molar-refractivity contribution in [3.63, 3.8) is 0 Å². The Hall–Kier alpha value is -5.22. The number of hydrogen-bond acceptors (Lipinski definition) is 6. The van der Waals surface area contributed by atoms with Gasteiger partial charge in [0.25, 0.3) is 5.91 Å². The summed E-state index contributed by atoms with van der Waals surface area (Å²) >= 11 is 0. The van der Waals surface area contributed by atoms with Crippen LogP contribution < -0.4 is 20.1 Å². The zero-order valence-corrected chi connectivity index (χ0v) is 22.4. The number of fused-ring (bicyclic) bond motifs is 1. The predicted molar refractivity (Wildman–Crippen MR) is 153 cm³/mol. The van der Waals surface area contributed by atoms with E-state index >= 15 is 0 Å². The highest BCUT2D eigenvalue weighted by atomic mass is 16.7. The van der Waals surface area contributed by atoms with Crippen molar-refractivity contribution in [2.75, 3.05) is 17.7 Å². The number of rotatable bonds is 5. The molecule has 0 aliphatic carbocycles. The minimum absolute atomic E-state index is 0.236. The van der Waals surface area contributed by atoms with Crippen LogP contribution in [0.1, 0.15) is 51.3 Å². The molecule has 0 bridgehead atoms. The van der Waals surface area contributed by atoms with E-state index < -0.39 is 11.8 Å². The number of carbonyl (C=O) groups is 2. The van der Waals surface area contributed by atoms with Gasteiger partial charge < -0.3 is 24.8 Å². The number of nitrogen functional groups attached to an aromatic ring is 1. The van der Waals surface area contributed by atoms with E-state index in [9.17, 15) is 9.59 Å². The smallest absolute Gasteiger partial charge is 0.345 e. The minimum atomic E-state index is -1.07. The maximum atomic E-state index is 13.8. The Balaban J connectivity index is 1.45. The lowest BCUT2D eigenvalue weighted by Crippen LogP contribution is -2.39. The van der Waals surface area contributed by atoms with E-state index in [0.29, 0.717) is 28.4 Å². The average Bonchev–Trinajstić information content (AvgIpc) is 2.95. The largest absolute Gasteiger partial charge is 0.497 e. The fourth-order valence-corrected chi connectivity index (χ4v) is 4.25. The molecule has 4 aromatic carbocycles. The third-order valence-electron chi connectivity index (χ3n) is 6.33. The topological polar surface area (TPSA) is 91.1 Å².